The van der Waals surface area contributed by atoms with Gasteiger partial charge in [-0.15, -0.1) is 0 Å². The molecule has 1 aliphatic rings. The maximum Gasteiger partial charge on any atom is 0.124 e. The molecule has 2 atom stereocenters. The first kappa shape index (κ1) is 15.1. The summed E-state index contributed by atoms with van der Waals surface area (Å²) >= 11 is 4.15. The van der Waals surface area contributed by atoms with Crippen molar-refractivity contribution in [2.45, 2.75) is 24.6 Å². The number of hydrogen-bond acceptors (Lipinski definition) is 4. The molecule has 0 spiro atoms. The van der Waals surface area contributed by atoms with Gasteiger partial charge in [-0.05, 0) is 19.5 Å². The van der Waals surface area contributed by atoms with Crippen molar-refractivity contribution in [3.8, 4) is 5.75 Å². The van der Waals surface area contributed by atoms with Crippen molar-refractivity contribution in [2.75, 3.05) is 30.9 Å². The first-order valence-electron chi connectivity index (χ1n) is 6.95. The summed E-state index contributed by atoms with van der Waals surface area (Å²) in [5.41, 5.74) is 1.30. The summed E-state index contributed by atoms with van der Waals surface area (Å²) in [5.74, 6) is 4.80. The summed E-state index contributed by atoms with van der Waals surface area (Å²) in [5, 5.41) is 4.13. The van der Waals surface area contributed by atoms with Crippen LogP contribution < -0.4 is 10.1 Å². The molecule has 4 heteroatoms. The van der Waals surface area contributed by atoms with E-state index in [1.807, 2.05) is 0 Å². The second-order valence-corrected chi connectivity index (χ2v) is 7.13. The van der Waals surface area contributed by atoms with E-state index < -0.39 is 0 Å². The minimum atomic E-state index is 0.380. The lowest BCUT2D eigenvalue weighted by Gasteiger charge is -2.30. The normalized spacial score (nSPS) is 21.1. The third-order valence-electron chi connectivity index (χ3n) is 3.24. The number of nitrogens with one attached hydrogen (secondary N) is 1. The highest BCUT2D eigenvalue weighted by Crippen LogP contribution is 2.36. The van der Waals surface area contributed by atoms with Gasteiger partial charge in [0, 0.05) is 34.1 Å². The maximum absolute atomic E-state index is 5.90. The van der Waals surface area contributed by atoms with Gasteiger partial charge in [-0.1, -0.05) is 25.1 Å². The van der Waals surface area contributed by atoms with Crippen molar-refractivity contribution >= 4 is 23.5 Å². The molecule has 1 N–H and O–H groups in total. The largest absolute Gasteiger partial charge is 0.493 e. The average Bonchev–Trinajstić information content (AvgIpc) is 2.48. The first-order valence-corrected chi connectivity index (χ1v) is 9.15. The summed E-state index contributed by atoms with van der Waals surface area (Å²) in [7, 11) is 2.06. The van der Waals surface area contributed by atoms with Crippen LogP contribution in [0.5, 0.6) is 5.75 Å². The Morgan fingerprint density at radius 2 is 2.21 bits per heavy atom. The van der Waals surface area contributed by atoms with Gasteiger partial charge in [0.15, 0.2) is 0 Å². The summed E-state index contributed by atoms with van der Waals surface area (Å²) in [6.07, 6.45) is 1.05. The molecule has 19 heavy (non-hydrogen) atoms. The van der Waals surface area contributed by atoms with E-state index in [0.29, 0.717) is 11.3 Å². The van der Waals surface area contributed by atoms with E-state index in [9.17, 15) is 0 Å². The number of benzene rings is 1. The molecular formula is C15H23NOS2. The smallest absolute Gasteiger partial charge is 0.124 e. The minimum Gasteiger partial charge on any atom is -0.493 e. The zero-order valence-electron chi connectivity index (χ0n) is 11.7. The fraction of sp³-hybridized carbons (Fsp3) is 0.600. The van der Waals surface area contributed by atoms with Crippen LogP contribution in [0.4, 0.5) is 0 Å². The quantitative estimate of drug-likeness (QED) is 0.866. The Bertz CT molecular complexity index is 380. The lowest BCUT2D eigenvalue weighted by atomic mass is 10.0. The van der Waals surface area contributed by atoms with E-state index in [0.717, 1.165) is 18.8 Å². The van der Waals surface area contributed by atoms with Crippen LogP contribution in [0.15, 0.2) is 24.3 Å². The summed E-state index contributed by atoms with van der Waals surface area (Å²) in [6, 6.07) is 8.84. The highest BCUT2D eigenvalue weighted by molar-refractivity contribution is 8.06. The maximum atomic E-state index is 5.90. The predicted molar refractivity (Wildman–Crippen MR) is 87.6 cm³/mol. The van der Waals surface area contributed by atoms with E-state index in [1.54, 1.807) is 0 Å². The van der Waals surface area contributed by atoms with Crippen molar-refractivity contribution in [3.05, 3.63) is 29.8 Å². The zero-order chi connectivity index (χ0) is 13.5. The number of para-hydroxylation sites is 1. The predicted octanol–water partition coefficient (Wildman–Crippen LogP) is 3.58. The molecule has 2 nitrogen and oxygen atoms in total. The molecule has 106 valence electrons. The Balaban J connectivity index is 2.16. The van der Waals surface area contributed by atoms with Crippen molar-refractivity contribution < 1.29 is 4.74 Å². The van der Waals surface area contributed by atoms with Gasteiger partial charge in [0.05, 0.1) is 6.61 Å². The van der Waals surface area contributed by atoms with Gasteiger partial charge in [-0.3, -0.25) is 0 Å². The second kappa shape index (κ2) is 8.08. The molecule has 1 aromatic rings. The highest BCUT2D eigenvalue weighted by Gasteiger charge is 2.26. The van der Waals surface area contributed by atoms with Crippen LogP contribution in [0.25, 0.3) is 0 Å². The van der Waals surface area contributed by atoms with E-state index in [2.05, 4.69) is 67.1 Å². The van der Waals surface area contributed by atoms with Crippen LogP contribution in [0.3, 0.4) is 0 Å². The van der Waals surface area contributed by atoms with Crippen molar-refractivity contribution in [1.29, 1.82) is 0 Å². The molecular weight excluding hydrogens is 274 g/mol. The molecule has 0 radical (unpaired) electrons. The van der Waals surface area contributed by atoms with Gasteiger partial charge in [-0.2, -0.15) is 23.5 Å². The monoisotopic (exact) mass is 297 g/mol. The standard InChI is InChI=1S/C15H23NOS2/c1-3-8-17-13-7-5-4-6-12(13)15(16-2)14-11-18-9-10-19-14/h4-7,14-16H,3,8-11H2,1-2H3. The summed E-state index contributed by atoms with van der Waals surface area (Å²) in [4.78, 5) is 0. The van der Waals surface area contributed by atoms with Crippen LogP contribution >= 0.6 is 23.5 Å². The second-order valence-electron chi connectivity index (χ2n) is 4.64. The van der Waals surface area contributed by atoms with Gasteiger partial charge in [-0.25, -0.2) is 0 Å². The van der Waals surface area contributed by atoms with E-state index >= 15 is 0 Å². The summed E-state index contributed by atoms with van der Waals surface area (Å²) in [6.45, 7) is 2.94. The lowest BCUT2D eigenvalue weighted by molar-refractivity contribution is 0.310. The number of hydrogen-bond donors (Lipinski definition) is 1. The molecule has 0 aliphatic carbocycles. The molecule has 0 aromatic heterocycles. The molecule has 0 amide bonds. The van der Waals surface area contributed by atoms with Gasteiger partial charge >= 0.3 is 0 Å². The van der Waals surface area contributed by atoms with Crippen LogP contribution in [-0.4, -0.2) is 36.2 Å². The molecule has 1 saturated heterocycles. The molecule has 1 heterocycles. The van der Waals surface area contributed by atoms with Crippen molar-refractivity contribution in [1.82, 2.24) is 5.32 Å². The Kier molecular flexibility index (Phi) is 6.41. The number of thioether (sulfide) groups is 2. The Morgan fingerprint density at radius 1 is 1.37 bits per heavy atom. The number of rotatable bonds is 6. The first-order chi connectivity index (χ1) is 9.36. The molecule has 2 unspecified atom stereocenters. The Morgan fingerprint density at radius 3 is 2.89 bits per heavy atom. The van der Waals surface area contributed by atoms with Crippen LogP contribution in [0.1, 0.15) is 24.9 Å². The minimum absolute atomic E-state index is 0.380. The van der Waals surface area contributed by atoms with Gasteiger partial charge in [0.25, 0.3) is 0 Å². The molecule has 0 saturated carbocycles. The van der Waals surface area contributed by atoms with E-state index in [-0.39, 0.29) is 0 Å². The Hall–Kier alpha value is -0.320. The topological polar surface area (TPSA) is 21.3 Å². The van der Waals surface area contributed by atoms with Crippen molar-refractivity contribution in [3.63, 3.8) is 0 Å². The fourth-order valence-electron chi connectivity index (χ4n) is 2.32. The number of ether oxygens (including phenoxy) is 1. The third kappa shape index (κ3) is 4.07. The van der Waals surface area contributed by atoms with Crippen molar-refractivity contribution in [2.24, 2.45) is 0 Å². The molecule has 0 bridgehead atoms. The van der Waals surface area contributed by atoms with E-state index in [1.165, 1.54) is 22.8 Å². The SMILES string of the molecule is CCCOc1ccccc1C(NC)C1CSCCS1. The highest BCUT2D eigenvalue weighted by atomic mass is 32.2. The lowest BCUT2D eigenvalue weighted by Crippen LogP contribution is -2.31. The van der Waals surface area contributed by atoms with Crippen LogP contribution in [-0.2, 0) is 0 Å². The third-order valence-corrected chi connectivity index (χ3v) is 6.10. The van der Waals surface area contributed by atoms with Crippen LogP contribution in [0.2, 0.25) is 0 Å². The zero-order valence-corrected chi connectivity index (χ0v) is 13.4. The molecule has 1 aromatic carbocycles. The Labute approximate surface area is 125 Å². The van der Waals surface area contributed by atoms with Gasteiger partial charge in [0.2, 0.25) is 0 Å². The average molecular weight is 297 g/mol. The van der Waals surface area contributed by atoms with E-state index in [4.69, 9.17) is 4.74 Å². The molecule has 1 fully saturated rings. The van der Waals surface area contributed by atoms with Gasteiger partial charge < -0.3 is 10.1 Å². The summed E-state index contributed by atoms with van der Waals surface area (Å²) < 4.78 is 5.90. The molecule has 1 aliphatic heterocycles. The van der Waals surface area contributed by atoms with Crippen LogP contribution in [0, 0.1) is 0 Å². The molecule has 2 rings (SSSR count). The fourth-order valence-corrected chi connectivity index (χ4v) is 5.22. The van der Waals surface area contributed by atoms with Gasteiger partial charge in [0.1, 0.15) is 5.75 Å².